The zero-order chi connectivity index (χ0) is 13.1. The van der Waals surface area contributed by atoms with Crippen molar-refractivity contribution in [1.82, 2.24) is 14.5 Å². The summed E-state index contributed by atoms with van der Waals surface area (Å²) in [5, 5.41) is 9.23. The first-order valence-corrected chi connectivity index (χ1v) is 6.11. The summed E-state index contributed by atoms with van der Waals surface area (Å²) in [6, 6.07) is -0.713. The summed E-state index contributed by atoms with van der Waals surface area (Å²) < 4.78 is 1.62. The maximum Gasteiger partial charge on any atom is 0.326 e. The van der Waals surface area contributed by atoms with Crippen LogP contribution in [-0.2, 0) is 11.8 Å². The van der Waals surface area contributed by atoms with Gasteiger partial charge in [-0.15, -0.1) is 0 Å². The van der Waals surface area contributed by atoms with Gasteiger partial charge in [-0.1, -0.05) is 12.8 Å². The third kappa shape index (κ3) is 2.37. The van der Waals surface area contributed by atoms with Gasteiger partial charge in [-0.2, -0.15) is 0 Å². The van der Waals surface area contributed by atoms with Gasteiger partial charge in [0.05, 0.1) is 12.5 Å². The molecule has 1 unspecified atom stereocenters. The molecule has 98 valence electrons. The number of carbonyl (C=O) groups is 2. The molecule has 0 aliphatic carbocycles. The average Bonchev–Trinajstić information content (AvgIpc) is 2.63. The van der Waals surface area contributed by atoms with Gasteiger partial charge < -0.3 is 14.6 Å². The molecule has 1 saturated heterocycles. The number of aryl methyl sites for hydroxylation is 1. The first kappa shape index (κ1) is 12.6. The number of aromatic nitrogens is 2. The van der Waals surface area contributed by atoms with Gasteiger partial charge in [0.1, 0.15) is 11.7 Å². The number of carbonyl (C=O) groups excluding carboxylic acids is 1. The highest BCUT2D eigenvalue weighted by molar-refractivity contribution is 5.95. The first-order valence-electron chi connectivity index (χ1n) is 6.11. The molecule has 1 aliphatic heterocycles. The maximum atomic E-state index is 12.4. The van der Waals surface area contributed by atoms with E-state index in [0.29, 0.717) is 18.7 Å². The fourth-order valence-electron chi connectivity index (χ4n) is 2.32. The monoisotopic (exact) mass is 251 g/mol. The second kappa shape index (κ2) is 5.20. The Bertz CT molecular complexity index is 455. The van der Waals surface area contributed by atoms with Crippen LogP contribution in [0.4, 0.5) is 0 Å². The van der Waals surface area contributed by atoms with Crippen LogP contribution >= 0.6 is 0 Å². The molecule has 1 atom stereocenters. The molecule has 18 heavy (non-hydrogen) atoms. The summed E-state index contributed by atoms with van der Waals surface area (Å²) in [6.07, 6.45) is 6.23. The lowest BCUT2D eigenvalue weighted by molar-refractivity contribution is -0.142. The van der Waals surface area contributed by atoms with E-state index in [1.54, 1.807) is 17.9 Å². The van der Waals surface area contributed by atoms with Crippen molar-refractivity contribution in [3.63, 3.8) is 0 Å². The van der Waals surface area contributed by atoms with Crippen LogP contribution in [0.2, 0.25) is 0 Å². The smallest absolute Gasteiger partial charge is 0.326 e. The molecule has 1 aromatic heterocycles. The summed E-state index contributed by atoms with van der Waals surface area (Å²) in [4.78, 5) is 29.0. The fourth-order valence-corrected chi connectivity index (χ4v) is 2.32. The van der Waals surface area contributed by atoms with Gasteiger partial charge in [0, 0.05) is 13.6 Å². The van der Waals surface area contributed by atoms with Crippen molar-refractivity contribution in [1.29, 1.82) is 0 Å². The van der Waals surface area contributed by atoms with Gasteiger partial charge in [-0.05, 0) is 12.8 Å². The molecule has 0 bridgehead atoms. The van der Waals surface area contributed by atoms with Crippen LogP contribution in [0, 0.1) is 0 Å². The normalized spacial score (nSPS) is 20.5. The molecule has 6 heteroatoms. The van der Waals surface area contributed by atoms with Crippen molar-refractivity contribution in [2.24, 2.45) is 7.05 Å². The average molecular weight is 251 g/mol. The van der Waals surface area contributed by atoms with Crippen molar-refractivity contribution in [2.45, 2.75) is 31.7 Å². The van der Waals surface area contributed by atoms with E-state index in [9.17, 15) is 14.7 Å². The number of hydrogen-bond acceptors (Lipinski definition) is 3. The molecule has 0 radical (unpaired) electrons. The highest BCUT2D eigenvalue weighted by Crippen LogP contribution is 2.19. The van der Waals surface area contributed by atoms with E-state index in [0.717, 1.165) is 19.3 Å². The van der Waals surface area contributed by atoms with Crippen LogP contribution in [0.1, 0.15) is 36.2 Å². The standard InChI is InChI=1S/C12H17N3O3/c1-14-8-13-7-10(14)11(16)15-6-4-2-3-5-9(15)12(17)18/h7-9H,2-6H2,1H3,(H,17,18). The quantitative estimate of drug-likeness (QED) is 0.847. The fraction of sp³-hybridized carbons (Fsp3) is 0.583. The number of carboxylic acid groups (broad SMARTS) is 1. The Morgan fingerprint density at radius 2 is 2.17 bits per heavy atom. The number of imidazole rings is 1. The van der Waals surface area contributed by atoms with Crippen molar-refractivity contribution in [2.75, 3.05) is 6.54 Å². The summed E-state index contributed by atoms with van der Waals surface area (Å²) >= 11 is 0. The molecule has 2 heterocycles. The zero-order valence-electron chi connectivity index (χ0n) is 10.4. The molecule has 2 rings (SSSR count). The Balaban J connectivity index is 2.25. The molecule has 6 nitrogen and oxygen atoms in total. The minimum absolute atomic E-state index is 0.246. The summed E-state index contributed by atoms with van der Waals surface area (Å²) in [6.45, 7) is 0.501. The number of hydrogen-bond donors (Lipinski definition) is 1. The van der Waals surface area contributed by atoms with Crippen molar-refractivity contribution >= 4 is 11.9 Å². The van der Waals surface area contributed by atoms with Crippen LogP contribution in [0.5, 0.6) is 0 Å². The van der Waals surface area contributed by atoms with Gasteiger partial charge >= 0.3 is 5.97 Å². The minimum atomic E-state index is -0.924. The second-order valence-electron chi connectivity index (χ2n) is 4.59. The number of aliphatic carboxylic acids is 1. The molecule has 1 amide bonds. The van der Waals surface area contributed by atoms with Gasteiger partial charge in [-0.25, -0.2) is 9.78 Å². The summed E-state index contributed by atoms with van der Waals surface area (Å²) in [5.41, 5.74) is 0.433. The molecule has 1 N–H and O–H groups in total. The van der Waals surface area contributed by atoms with Crippen LogP contribution in [0.25, 0.3) is 0 Å². The third-order valence-electron chi connectivity index (χ3n) is 3.33. The Hall–Kier alpha value is -1.85. The van der Waals surface area contributed by atoms with Crippen LogP contribution < -0.4 is 0 Å². The van der Waals surface area contributed by atoms with Gasteiger partial charge in [0.15, 0.2) is 0 Å². The second-order valence-corrected chi connectivity index (χ2v) is 4.59. The summed E-state index contributed by atoms with van der Waals surface area (Å²) in [7, 11) is 1.73. The predicted molar refractivity (Wildman–Crippen MR) is 64.1 cm³/mol. The highest BCUT2D eigenvalue weighted by atomic mass is 16.4. The molecule has 1 aliphatic rings. The molecule has 1 aromatic rings. The number of likely N-dealkylation sites (tertiary alicyclic amines) is 1. The van der Waals surface area contributed by atoms with Crippen molar-refractivity contribution < 1.29 is 14.7 Å². The lowest BCUT2D eigenvalue weighted by atomic mass is 10.1. The Labute approximate surface area is 105 Å². The van der Waals surface area contributed by atoms with Crippen LogP contribution in [0.3, 0.4) is 0 Å². The van der Waals surface area contributed by atoms with Gasteiger partial charge in [0.2, 0.25) is 0 Å². The first-order chi connectivity index (χ1) is 8.61. The lowest BCUT2D eigenvalue weighted by Gasteiger charge is -2.26. The number of amides is 1. The molecule has 1 fully saturated rings. The van der Waals surface area contributed by atoms with E-state index in [1.165, 1.54) is 11.1 Å². The molecule has 0 aromatic carbocycles. The Morgan fingerprint density at radius 3 is 2.78 bits per heavy atom. The topological polar surface area (TPSA) is 75.4 Å². The number of carboxylic acids is 1. The van der Waals surface area contributed by atoms with Gasteiger partial charge in [0.25, 0.3) is 5.91 Å². The van der Waals surface area contributed by atoms with E-state index >= 15 is 0 Å². The molecular formula is C12H17N3O3. The number of rotatable bonds is 2. The van der Waals surface area contributed by atoms with Crippen molar-refractivity contribution in [3.8, 4) is 0 Å². The van der Waals surface area contributed by atoms with E-state index in [4.69, 9.17) is 0 Å². The molecule has 0 spiro atoms. The van der Waals surface area contributed by atoms with Crippen LogP contribution in [-0.4, -0.2) is 44.0 Å². The minimum Gasteiger partial charge on any atom is -0.480 e. The van der Waals surface area contributed by atoms with Crippen LogP contribution in [0.15, 0.2) is 12.5 Å². The van der Waals surface area contributed by atoms with Gasteiger partial charge in [-0.3, -0.25) is 4.79 Å². The maximum absolute atomic E-state index is 12.4. The van der Waals surface area contributed by atoms with E-state index < -0.39 is 12.0 Å². The van der Waals surface area contributed by atoms with E-state index in [1.807, 2.05) is 0 Å². The SMILES string of the molecule is Cn1cncc1C(=O)N1CCCCCC1C(=O)O. The largest absolute Gasteiger partial charge is 0.480 e. The summed E-state index contributed by atoms with van der Waals surface area (Å²) in [5.74, 6) is -1.17. The number of nitrogens with zero attached hydrogens (tertiary/aromatic N) is 3. The van der Waals surface area contributed by atoms with Crippen molar-refractivity contribution in [3.05, 3.63) is 18.2 Å². The lowest BCUT2D eigenvalue weighted by Crippen LogP contribution is -2.45. The van der Waals surface area contributed by atoms with E-state index in [2.05, 4.69) is 4.98 Å². The Morgan fingerprint density at radius 1 is 1.39 bits per heavy atom. The molecule has 0 saturated carbocycles. The van der Waals surface area contributed by atoms with E-state index in [-0.39, 0.29) is 5.91 Å². The highest BCUT2D eigenvalue weighted by Gasteiger charge is 2.32. The zero-order valence-corrected chi connectivity index (χ0v) is 10.4. The Kier molecular flexibility index (Phi) is 3.64. The molecular weight excluding hydrogens is 234 g/mol. The predicted octanol–water partition coefficient (Wildman–Crippen LogP) is 0.889. The third-order valence-corrected chi connectivity index (χ3v) is 3.33.